The van der Waals surface area contributed by atoms with Crippen LogP contribution in [0.2, 0.25) is 0 Å². The van der Waals surface area contributed by atoms with Gasteiger partial charge in [0.05, 0.1) is 0 Å². The Kier molecular flexibility index (Phi) is 4.80. The minimum absolute atomic E-state index is 0.239. The molecule has 0 amide bonds. The van der Waals surface area contributed by atoms with E-state index in [-0.39, 0.29) is 6.71 Å². The molecule has 0 fully saturated rings. The lowest BCUT2D eigenvalue weighted by molar-refractivity contribution is 0.911. The maximum Gasteiger partial charge on any atom is 0.252 e. The number of hydrogen-bond acceptors (Lipinski definition) is 2. The predicted molar refractivity (Wildman–Crippen MR) is 177 cm³/mol. The second kappa shape index (κ2) is 8.64. The highest BCUT2D eigenvalue weighted by atomic mass is 15.2. The molecule has 42 heavy (non-hydrogen) atoms. The van der Waals surface area contributed by atoms with E-state index in [4.69, 9.17) is 0 Å². The van der Waals surface area contributed by atoms with Gasteiger partial charge in [-0.3, -0.25) is 0 Å². The van der Waals surface area contributed by atoms with Crippen molar-refractivity contribution in [2.45, 2.75) is 57.8 Å². The van der Waals surface area contributed by atoms with Crippen molar-refractivity contribution in [3.8, 4) is 0 Å². The largest absolute Gasteiger partial charge is 0.311 e. The quantitative estimate of drug-likeness (QED) is 0.214. The summed E-state index contributed by atoms with van der Waals surface area (Å²) in [6.07, 6.45) is 11.0. The molecule has 2 heterocycles. The van der Waals surface area contributed by atoms with Crippen molar-refractivity contribution in [1.82, 2.24) is 0 Å². The summed E-state index contributed by atoms with van der Waals surface area (Å²) in [5, 5.41) is 0. The fraction of sp³-hybridized carbons (Fsp3) is 0.231. The number of hydrogen-bond donors (Lipinski definition) is 0. The Labute approximate surface area is 248 Å². The fourth-order valence-corrected chi connectivity index (χ4v) is 8.91. The zero-order valence-electron chi connectivity index (χ0n) is 24.0. The van der Waals surface area contributed by atoms with E-state index in [0.29, 0.717) is 0 Å². The van der Waals surface area contributed by atoms with Crippen molar-refractivity contribution in [3.05, 3.63) is 124 Å². The van der Waals surface area contributed by atoms with Gasteiger partial charge in [-0.2, -0.15) is 0 Å². The summed E-state index contributed by atoms with van der Waals surface area (Å²) >= 11 is 0. The maximum atomic E-state index is 2.61. The second-order valence-corrected chi connectivity index (χ2v) is 13.0. The molecule has 10 rings (SSSR count). The molecule has 0 N–H and O–H groups in total. The lowest BCUT2D eigenvalue weighted by Gasteiger charge is -2.44. The number of nitrogens with zero attached hydrogens (tertiary/aromatic N) is 2. The average molecular weight is 541 g/mol. The minimum Gasteiger partial charge on any atom is -0.311 e. The van der Waals surface area contributed by atoms with E-state index in [1.54, 1.807) is 22.3 Å². The van der Waals surface area contributed by atoms with Crippen LogP contribution < -0.4 is 26.2 Å². The fourth-order valence-electron chi connectivity index (χ4n) is 8.91. The first kappa shape index (κ1) is 23.3. The van der Waals surface area contributed by atoms with E-state index in [0.717, 1.165) is 0 Å². The van der Waals surface area contributed by atoms with Gasteiger partial charge in [0.15, 0.2) is 0 Å². The molecule has 3 heteroatoms. The summed E-state index contributed by atoms with van der Waals surface area (Å²) in [5.74, 6) is 0. The molecule has 0 aromatic heterocycles. The average Bonchev–Trinajstić information content (AvgIpc) is 3.80. The Morgan fingerprint density at radius 1 is 0.405 bits per heavy atom. The second-order valence-electron chi connectivity index (χ2n) is 13.0. The number of aryl methyl sites for hydroxylation is 6. The number of benzene rings is 5. The molecule has 5 aromatic carbocycles. The van der Waals surface area contributed by atoms with Crippen LogP contribution >= 0.6 is 0 Å². The van der Waals surface area contributed by atoms with Crippen molar-refractivity contribution in [2.75, 3.05) is 9.80 Å². The van der Waals surface area contributed by atoms with Gasteiger partial charge in [-0.05, 0) is 156 Å². The normalized spacial score (nSPS) is 17.0. The first-order chi connectivity index (χ1) is 20.8. The summed E-state index contributed by atoms with van der Waals surface area (Å²) in [5.41, 5.74) is 21.7. The summed E-state index contributed by atoms with van der Waals surface area (Å²) in [7, 11) is 0. The summed E-state index contributed by atoms with van der Waals surface area (Å²) in [4.78, 5) is 5.17. The van der Waals surface area contributed by atoms with E-state index in [1.165, 1.54) is 119 Å². The van der Waals surface area contributed by atoms with Gasteiger partial charge in [-0.1, -0.05) is 42.5 Å². The van der Waals surface area contributed by atoms with Gasteiger partial charge in [0.25, 0.3) is 6.71 Å². The number of para-hydroxylation sites is 1. The van der Waals surface area contributed by atoms with Crippen molar-refractivity contribution < 1.29 is 0 Å². The standard InChI is InChI=1S/C39H33BN2/c1-2-14-31(15-3-1)41-35-16-7-17-36-39(35)40(33-21-27-10-5-12-29(27)23-37(33)41)34-22-28-11-6-13-30(28)24-38(34)42(36)32-19-18-25-8-4-9-26(25)20-32/h1-3,7,14-24H,4-6,8-13H2. The van der Waals surface area contributed by atoms with Crippen molar-refractivity contribution in [3.63, 3.8) is 0 Å². The number of anilines is 6. The first-order valence-corrected chi connectivity index (χ1v) is 16.0. The van der Waals surface area contributed by atoms with Crippen LogP contribution in [-0.4, -0.2) is 6.71 Å². The summed E-state index contributed by atoms with van der Waals surface area (Å²) in [6, 6.07) is 35.7. The molecule has 202 valence electrons. The SMILES string of the molecule is c1ccc(N2c3cc4c(cc3B3c5cc6c(cc5N(c5ccc7c(c5)CCC7)c5cccc2c53)CCC6)CCC4)cc1. The summed E-state index contributed by atoms with van der Waals surface area (Å²) < 4.78 is 0. The van der Waals surface area contributed by atoms with Gasteiger partial charge < -0.3 is 9.80 Å². The lowest BCUT2D eigenvalue weighted by Crippen LogP contribution is -2.61. The van der Waals surface area contributed by atoms with E-state index in [2.05, 4.69) is 101 Å². The number of rotatable bonds is 2. The molecular formula is C39H33BN2. The number of fused-ring (bicyclic) bond motifs is 7. The Morgan fingerprint density at radius 3 is 1.55 bits per heavy atom. The molecular weight excluding hydrogens is 507 g/mol. The third kappa shape index (κ3) is 3.17. The zero-order chi connectivity index (χ0) is 27.4. The third-order valence-electron chi connectivity index (χ3n) is 10.8. The highest BCUT2D eigenvalue weighted by Crippen LogP contribution is 2.46. The van der Waals surface area contributed by atoms with Gasteiger partial charge in [-0.25, -0.2) is 0 Å². The van der Waals surface area contributed by atoms with Crippen LogP contribution in [0.4, 0.5) is 34.1 Å². The molecule has 2 nitrogen and oxygen atoms in total. The van der Waals surface area contributed by atoms with Crippen LogP contribution in [0.25, 0.3) is 0 Å². The highest BCUT2D eigenvalue weighted by Gasteiger charge is 2.44. The lowest BCUT2D eigenvalue weighted by atomic mass is 9.33. The van der Waals surface area contributed by atoms with E-state index in [9.17, 15) is 0 Å². The molecule has 0 spiro atoms. The smallest absolute Gasteiger partial charge is 0.252 e. The minimum atomic E-state index is 0.239. The molecule has 3 aliphatic carbocycles. The van der Waals surface area contributed by atoms with Gasteiger partial charge >= 0.3 is 0 Å². The monoisotopic (exact) mass is 540 g/mol. The van der Waals surface area contributed by atoms with Gasteiger partial charge in [-0.15, -0.1) is 0 Å². The van der Waals surface area contributed by atoms with E-state index >= 15 is 0 Å². The van der Waals surface area contributed by atoms with E-state index < -0.39 is 0 Å². The van der Waals surface area contributed by atoms with Gasteiger partial charge in [0.2, 0.25) is 0 Å². The molecule has 0 atom stereocenters. The molecule has 5 aromatic rings. The van der Waals surface area contributed by atoms with Crippen LogP contribution in [0.1, 0.15) is 52.6 Å². The molecule has 0 bridgehead atoms. The highest BCUT2D eigenvalue weighted by molar-refractivity contribution is 7.00. The van der Waals surface area contributed by atoms with Crippen LogP contribution in [-0.2, 0) is 38.5 Å². The topological polar surface area (TPSA) is 6.48 Å². The molecule has 0 saturated carbocycles. The van der Waals surface area contributed by atoms with Gasteiger partial charge in [0, 0.05) is 34.1 Å². The van der Waals surface area contributed by atoms with Crippen LogP contribution in [0, 0.1) is 0 Å². The Bertz CT molecular complexity index is 1940. The van der Waals surface area contributed by atoms with Crippen molar-refractivity contribution >= 4 is 57.2 Å². The first-order valence-electron chi connectivity index (χ1n) is 16.0. The van der Waals surface area contributed by atoms with Crippen molar-refractivity contribution in [1.29, 1.82) is 0 Å². The molecule has 0 saturated heterocycles. The summed E-state index contributed by atoms with van der Waals surface area (Å²) in [6.45, 7) is 0.239. The van der Waals surface area contributed by atoms with E-state index in [1.807, 2.05) is 0 Å². The Hall–Kier alpha value is -4.24. The third-order valence-corrected chi connectivity index (χ3v) is 10.8. The Morgan fingerprint density at radius 2 is 0.929 bits per heavy atom. The van der Waals surface area contributed by atoms with Crippen molar-refractivity contribution in [2.24, 2.45) is 0 Å². The van der Waals surface area contributed by atoms with Crippen LogP contribution in [0.5, 0.6) is 0 Å². The molecule has 0 unspecified atom stereocenters. The van der Waals surface area contributed by atoms with Gasteiger partial charge in [0.1, 0.15) is 0 Å². The maximum absolute atomic E-state index is 2.61. The van der Waals surface area contributed by atoms with Crippen LogP contribution in [0.15, 0.2) is 91.0 Å². The zero-order valence-corrected chi connectivity index (χ0v) is 24.0. The predicted octanol–water partition coefficient (Wildman–Crippen LogP) is 7.24. The molecule has 2 aliphatic heterocycles. The van der Waals surface area contributed by atoms with Crippen LogP contribution in [0.3, 0.4) is 0 Å². The molecule has 0 radical (unpaired) electrons. The molecule has 5 aliphatic rings. The Balaban J connectivity index is 1.30.